The highest BCUT2D eigenvalue weighted by Gasteiger charge is 2.29. The number of hydrogen-bond donors (Lipinski definition) is 1. The van der Waals surface area contributed by atoms with Crippen LogP contribution in [0.1, 0.15) is 12.0 Å². The summed E-state index contributed by atoms with van der Waals surface area (Å²) in [5.41, 5.74) is 0.511. The number of aryl methyl sites for hydroxylation is 1. The van der Waals surface area contributed by atoms with Crippen LogP contribution in [0.25, 0.3) is 0 Å². The first kappa shape index (κ1) is 12.3. The number of aromatic nitrogens is 1. The van der Waals surface area contributed by atoms with Crippen molar-refractivity contribution < 1.29 is 14.8 Å². The Morgan fingerprint density at radius 3 is 2.89 bits per heavy atom. The minimum atomic E-state index is -0.809. The van der Waals surface area contributed by atoms with E-state index in [4.69, 9.17) is 5.11 Å². The van der Waals surface area contributed by atoms with Gasteiger partial charge < -0.3 is 10.0 Å². The first-order valence-corrected chi connectivity index (χ1v) is 5.58. The van der Waals surface area contributed by atoms with E-state index in [2.05, 4.69) is 4.98 Å². The fourth-order valence-corrected chi connectivity index (χ4v) is 2.07. The van der Waals surface area contributed by atoms with Gasteiger partial charge in [0.25, 0.3) is 5.69 Å². The van der Waals surface area contributed by atoms with Gasteiger partial charge in [-0.1, -0.05) is 0 Å². The van der Waals surface area contributed by atoms with Crippen molar-refractivity contribution in [2.45, 2.75) is 13.3 Å². The van der Waals surface area contributed by atoms with Gasteiger partial charge in [-0.05, 0) is 19.4 Å². The average Bonchev–Trinajstić information content (AvgIpc) is 2.77. The van der Waals surface area contributed by atoms with E-state index in [9.17, 15) is 14.9 Å². The smallest absolute Gasteiger partial charge is 0.308 e. The van der Waals surface area contributed by atoms with Gasteiger partial charge in [-0.2, -0.15) is 0 Å². The third-order valence-electron chi connectivity index (χ3n) is 3.13. The number of carboxylic acid groups (broad SMARTS) is 1. The van der Waals surface area contributed by atoms with E-state index in [1.54, 1.807) is 13.0 Å². The number of aliphatic carboxylic acids is 1. The number of pyridine rings is 1. The third kappa shape index (κ3) is 2.24. The molecule has 7 nitrogen and oxygen atoms in total. The van der Waals surface area contributed by atoms with Gasteiger partial charge in [0.1, 0.15) is 12.0 Å². The van der Waals surface area contributed by atoms with Crippen molar-refractivity contribution in [3.63, 3.8) is 0 Å². The summed E-state index contributed by atoms with van der Waals surface area (Å²) in [7, 11) is 0. The monoisotopic (exact) mass is 251 g/mol. The molecule has 1 aliphatic heterocycles. The molecule has 2 heterocycles. The lowest BCUT2D eigenvalue weighted by Crippen LogP contribution is -2.23. The fourth-order valence-electron chi connectivity index (χ4n) is 2.07. The molecule has 1 N–H and O–H groups in total. The van der Waals surface area contributed by atoms with Crippen LogP contribution in [0.5, 0.6) is 0 Å². The SMILES string of the molecule is Cc1cc(N2CCC(C(=O)O)C2)ncc1[N+](=O)[O-]. The lowest BCUT2D eigenvalue weighted by Gasteiger charge is -2.16. The average molecular weight is 251 g/mol. The van der Waals surface area contributed by atoms with E-state index in [1.807, 2.05) is 4.90 Å². The van der Waals surface area contributed by atoms with Crippen molar-refractivity contribution >= 4 is 17.5 Å². The largest absolute Gasteiger partial charge is 0.481 e. The van der Waals surface area contributed by atoms with Crippen molar-refractivity contribution in [3.05, 3.63) is 27.9 Å². The summed E-state index contributed by atoms with van der Waals surface area (Å²) < 4.78 is 0. The molecule has 0 saturated carbocycles. The number of rotatable bonds is 3. The number of carbonyl (C=O) groups is 1. The first-order valence-electron chi connectivity index (χ1n) is 5.58. The molecular formula is C11H13N3O4. The molecule has 96 valence electrons. The zero-order chi connectivity index (χ0) is 13.3. The zero-order valence-corrected chi connectivity index (χ0v) is 9.87. The van der Waals surface area contributed by atoms with Gasteiger partial charge in [0, 0.05) is 18.7 Å². The van der Waals surface area contributed by atoms with E-state index < -0.39 is 10.9 Å². The van der Waals surface area contributed by atoms with Gasteiger partial charge >= 0.3 is 5.97 Å². The Labute approximate surface area is 103 Å². The number of nitro groups is 1. The highest BCUT2D eigenvalue weighted by atomic mass is 16.6. The number of anilines is 1. The molecule has 1 aliphatic rings. The topological polar surface area (TPSA) is 96.6 Å². The first-order chi connectivity index (χ1) is 8.49. The number of hydrogen-bond acceptors (Lipinski definition) is 5. The lowest BCUT2D eigenvalue weighted by molar-refractivity contribution is -0.385. The van der Waals surface area contributed by atoms with E-state index >= 15 is 0 Å². The molecule has 1 atom stereocenters. The van der Waals surface area contributed by atoms with Gasteiger partial charge in [0.15, 0.2) is 0 Å². The summed E-state index contributed by atoms with van der Waals surface area (Å²) in [4.78, 5) is 26.9. The Hall–Kier alpha value is -2.18. The maximum atomic E-state index is 10.9. The molecule has 1 saturated heterocycles. The quantitative estimate of drug-likeness (QED) is 0.640. The van der Waals surface area contributed by atoms with Gasteiger partial charge in [0.05, 0.1) is 10.8 Å². The molecule has 0 radical (unpaired) electrons. The van der Waals surface area contributed by atoms with Crippen molar-refractivity contribution in [2.24, 2.45) is 5.92 Å². The van der Waals surface area contributed by atoms with Crippen LogP contribution >= 0.6 is 0 Å². The molecule has 0 spiro atoms. The van der Waals surface area contributed by atoms with Crippen molar-refractivity contribution in [2.75, 3.05) is 18.0 Å². The van der Waals surface area contributed by atoms with Crippen LogP contribution in [0.4, 0.5) is 11.5 Å². The second kappa shape index (κ2) is 4.59. The Morgan fingerprint density at radius 1 is 1.67 bits per heavy atom. The Balaban J connectivity index is 2.18. The van der Waals surface area contributed by atoms with Crippen molar-refractivity contribution in [1.82, 2.24) is 4.98 Å². The van der Waals surface area contributed by atoms with E-state index in [1.165, 1.54) is 6.20 Å². The van der Waals surface area contributed by atoms with E-state index in [0.29, 0.717) is 30.9 Å². The van der Waals surface area contributed by atoms with E-state index in [0.717, 1.165) is 0 Å². The second-order valence-electron chi connectivity index (χ2n) is 4.36. The molecular weight excluding hydrogens is 238 g/mol. The summed E-state index contributed by atoms with van der Waals surface area (Å²) in [5.74, 6) is -0.597. The molecule has 7 heteroatoms. The van der Waals surface area contributed by atoms with Gasteiger partial charge in [-0.25, -0.2) is 4.98 Å². The van der Waals surface area contributed by atoms with Gasteiger partial charge in [-0.15, -0.1) is 0 Å². The minimum Gasteiger partial charge on any atom is -0.481 e. The van der Waals surface area contributed by atoms with Crippen molar-refractivity contribution in [1.29, 1.82) is 0 Å². The normalized spacial score (nSPS) is 18.9. The Morgan fingerprint density at radius 2 is 2.39 bits per heavy atom. The molecule has 18 heavy (non-hydrogen) atoms. The Bertz CT molecular complexity index is 503. The summed E-state index contributed by atoms with van der Waals surface area (Å²) in [6.07, 6.45) is 1.80. The van der Waals surface area contributed by atoms with Crippen LogP contribution in [0.3, 0.4) is 0 Å². The molecule has 1 fully saturated rings. The molecule has 1 aromatic heterocycles. The summed E-state index contributed by atoms with van der Waals surface area (Å²) >= 11 is 0. The van der Waals surface area contributed by atoms with Crippen LogP contribution in [-0.2, 0) is 4.79 Å². The lowest BCUT2D eigenvalue weighted by atomic mass is 10.1. The van der Waals surface area contributed by atoms with Gasteiger partial charge in [-0.3, -0.25) is 14.9 Å². The molecule has 2 rings (SSSR count). The molecule has 0 aromatic carbocycles. The zero-order valence-electron chi connectivity index (χ0n) is 9.87. The summed E-state index contributed by atoms with van der Waals surface area (Å²) in [5, 5.41) is 19.6. The van der Waals surface area contributed by atoms with Crippen LogP contribution in [-0.4, -0.2) is 34.1 Å². The predicted octanol–water partition coefficient (Wildman–Crippen LogP) is 1.21. The maximum absolute atomic E-state index is 10.9. The van der Waals surface area contributed by atoms with Crippen LogP contribution in [0.2, 0.25) is 0 Å². The highest BCUT2D eigenvalue weighted by Crippen LogP contribution is 2.26. The van der Waals surface area contributed by atoms with Crippen LogP contribution in [0.15, 0.2) is 12.3 Å². The van der Waals surface area contributed by atoms with Crippen LogP contribution in [0, 0.1) is 23.0 Å². The Kier molecular flexibility index (Phi) is 3.14. The minimum absolute atomic E-state index is 0.0206. The molecule has 1 unspecified atom stereocenters. The fraction of sp³-hybridized carbons (Fsp3) is 0.455. The second-order valence-corrected chi connectivity index (χ2v) is 4.36. The molecule has 0 bridgehead atoms. The molecule has 0 amide bonds. The van der Waals surface area contributed by atoms with Crippen molar-refractivity contribution in [3.8, 4) is 0 Å². The third-order valence-corrected chi connectivity index (χ3v) is 3.13. The van der Waals surface area contributed by atoms with Gasteiger partial charge in [0.2, 0.25) is 0 Å². The number of carboxylic acids is 1. The molecule has 1 aromatic rings. The highest BCUT2D eigenvalue weighted by molar-refractivity contribution is 5.72. The predicted molar refractivity (Wildman–Crippen MR) is 63.6 cm³/mol. The maximum Gasteiger partial charge on any atom is 0.308 e. The standard InChI is InChI=1S/C11H13N3O4/c1-7-4-10(12-5-9(7)14(17)18)13-3-2-8(6-13)11(15)16/h4-5,8H,2-3,6H2,1H3,(H,15,16). The molecule has 0 aliphatic carbocycles. The number of nitrogens with zero attached hydrogens (tertiary/aromatic N) is 3. The summed E-state index contributed by atoms with van der Waals surface area (Å²) in [6.45, 7) is 2.66. The summed E-state index contributed by atoms with van der Waals surface area (Å²) in [6, 6.07) is 1.63. The van der Waals surface area contributed by atoms with Crippen LogP contribution < -0.4 is 4.90 Å². The van der Waals surface area contributed by atoms with E-state index in [-0.39, 0.29) is 11.6 Å².